The third-order valence-electron chi connectivity index (χ3n) is 4.64. The van der Waals surface area contributed by atoms with Crippen molar-refractivity contribution in [2.24, 2.45) is 0 Å². The molecular formula is C15H29N3O2. The van der Waals surface area contributed by atoms with E-state index in [4.69, 9.17) is 0 Å². The van der Waals surface area contributed by atoms with Crippen molar-refractivity contribution in [1.82, 2.24) is 15.1 Å². The molecule has 0 radical (unpaired) electrons. The van der Waals surface area contributed by atoms with Gasteiger partial charge in [-0.05, 0) is 46.6 Å². The van der Waals surface area contributed by atoms with Gasteiger partial charge in [0.15, 0.2) is 0 Å². The van der Waals surface area contributed by atoms with Crippen LogP contribution in [0.4, 0.5) is 4.79 Å². The molecule has 2 fully saturated rings. The first-order valence-electron chi connectivity index (χ1n) is 7.72. The van der Waals surface area contributed by atoms with Crippen LogP contribution in [-0.2, 0) is 0 Å². The summed E-state index contributed by atoms with van der Waals surface area (Å²) >= 11 is 0. The summed E-state index contributed by atoms with van der Waals surface area (Å²) in [7, 11) is 3.95. The summed E-state index contributed by atoms with van der Waals surface area (Å²) < 4.78 is 0. The number of aliphatic hydroxyl groups is 1. The first-order valence-corrected chi connectivity index (χ1v) is 7.72. The molecule has 2 aliphatic heterocycles. The van der Waals surface area contributed by atoms with E-state index in [1.54, 1.807) is 25.8 Å². The predicted octanol–water partition coefficient (Wildman–Crippen LogP) is 1.41. The van der Waals surface area contributed by atoms with Gasteiger partial charge in [0.2, 0.25) is 0 Å². The Morgan fingerprint density at radius 3 is 2.40 bits per heavy atom. The number of nitrogens with one attached hydrogen (secondary N) is 1. The third kappa shape index (κ3) is 3.85. The van der Waals surface area contributed by atoms with E-state index in [0.29, 0.717) is 18.6 Å². The summed E-state index contributed by atoms with van der Waals surface area (Å²) in [6.07, 6.45) is 5.92. The van der Waals surface area contributed by atoms with Crippen molar-refractivity contribution in [3.63, 3.8) is 0 Å². The van der Waals surface area contributed by atoms with Crippen molar-refractivity contribution in [3.05, 3.63) is 0 Å². The Balaban J connectivity index is 1.86. The van der Waals surface area contributed by atoms with E-state index in [9.17, 15) is 9.90 Å². The lowest BCUT2D eigenvalue weighted by Crippen LogP contribution is -2.57. The van der Waals surface area contributed by atoms with Gasteiger partial charge in [-0.15, -0.1) is 0 Å². The van der Waals surface area contributed by atoms with Gasteiger partial charge < -0.3 is 20.2 Å². The highest BCUT2D eigenvalue weighted by Gasteiger charge is 2.36. The van der Waals surface area contributed by atoms with Gasteiger partial charge >= 0.3 is 6.03 Å². The molecule has 2 aliphatic rings. The average Bonchev–Trinajstić information content (AvgIpc) is 2.28. The van der Waals surface area contributed by atoms with Gasteiger partial charge in [-0.3, -0.25) is 0 Å². The zero-order valence-corrected chi connectivity index (χ0v) is 13.2. The van der Waals surface area contributed by atoms with E-state index in [2.05, 4.69) is 17.3 Å². The number of urea groups is 1. The first kappa shape index (κ1) is 15.6. The fraction of sp³-hybridized carbons (Fsp3) is 0.933. The number of fused-ring (bicyclic) bond motifs is 2. The normalized spacial score (nSPS) is 30.9. The molecule has 0 aromatic carbocycles. The van der Waals surface area contributed by atoms with Crippen molar-refractivity contribution in [1.29, 1.82) is 0 Å². The number of likely N-dealkylation sites (N-methyl/N-ethyl adjacent to an activating group) is 1. The van der Waals surface area contributed by atoms with Crippen LogP contribution in [0.15, 0.2) is 0 Å². The Labute approximate surface area is 122 Å². The van der Waals surface area contributed by atoms with Crippen molar-refractivity contribution >= 4 is 6.03 Å². The molecule has 20 heavy (non-hydrogen) atoms. The zero-order chi connectivity index (χ0) is 14.9. The summed E-state index contributed by atoms with van der Waals surface area (Å²) in [5.74, 6) is 0. The van der Waals surface area contributed by atoms with Gasteiger partial charge in [-0.1, -0.05) is 6.42 Å². The molecule has 0 spiro atoms. The van der Waals surface area contributed by atoms with Crippen LogP contribution in [0.5, 0.6) is 0 Å². The molecule has 2 amide bonds. The quantitative estimate of drug-likeness (QED) is 0.823. The molecule has 116 valence electrons. The zero-order valence-electron chi connectivity index (χ0n) is 13.2. The van der Waals surface area contributed by atoms with Gasteiger partial charge in [-0.25, -0.2) is 4.79 Å². The lowest BCUT2D eigenvalue weighted by atomic mass is 9.82. The molecule has 2 unspecified atom stereocenters. The molecule has 0 aliphatic carbocycles. The number of amides is 2. The Morgan fingerprint density at radius 2 is 1.90 bits per heavy atom. The number of rotatable bonds is 3. The molecule has 2 N–H and O–H groups in total. The number of carbonyl (C=O) groups excluding carboxylic acids is 1. The van der Waals surface area contributed by atoms with Crippen LogP contribution in [0.3, 0.4) is 0 Å². The van der Waals surface area contributed by atoms with Crippen LogP contribution in [0.1, 0.15) is 46.0 Å². The Kier molecular flexibility index (Phi) is 4.59. The standard InChI is InChI=1S/C15H29N3O2/c1-15(2,20)10-17(3)14(19)16-11-8-12-6-5-7-13(9-11)18(12)4/h11-13,20H,5-10H2,1-4H3,(H,16,19). The molecule has 0 saturated carbocycles. The van der Waals surface area contributed by atoms with E-state index < -0.39 is 5.60 Å². The van der Waals surface area contributed by atoms with Crippen LogP contribution >= 0.6 is 0 Å². The predicted molar refractivity (Wildman–Crippen MR) is 79.7 cm³/mol. The lowest BCUT2D eigenvalue weighted by molar-refractivity contribution is 0.0417. The fourth-order valence-corrected chi connectivity index (χ4v) is 3.67. The third-order valence-corrected chi connectivity index (χ3v) is 4.64. The molecule has 2 heterocycles. The smallest absolute Gasteiger partial charge is 0.317 e. The van der Waals surface area contributed by atoms with Crippen molar-refractivity contribution in [2.75, 3.05) is 20.6 Å². The summed E-state index contributed by atoms with van der Waals surface area (Å²) in [5.41, 5.74) is -0.852. The maximum Gasteiger partial charge on any atom is 0.317 e. The lowest BCUT2D eigenvalue weighted by Gasteiger charge is -2.47. The second kappa shape index (κ2) is 5.90. The highest BCUT2D eigenvalue weighted by molar-refractivity contribution is 5.74. The van der Waals surface area contributed by atoms with Gasteiger partial charge in [0, 0.05) is 25.2 Å². The highest BCUT2D eigenvalue weighted by atomic mass is 16.3. The van der Waals surface area contributed by atoms with E-state index in [0.717, 1.165) is 12.8 Å². The second-order valence-corrected chi connectivity index (χ2v) is 7.19. The van der Waals surface area contributed by atoms with Gasteiger partial charge in [0.05, 0.1) is 12.1 Å². The summed E-state index contributed by atoms with van der Waals surface area (Å²) in [6.45, 7) is 3.78. The van der Waals surface area contributed by atoms with E-state index in [-0.39, 0.29) is 12.1 Å². The van der Waals surface area contributed by atoms with Gasteiger partial charge in [0.1, 0.15) is 0 Å². The Morgan fingerprint density at radius 1 is 1.35 bits per heavy atom. The van der Waals surface area contributed by atoms with Gasteiger partial charge in [0.25, 0.3) is 0 Å². The Hall–Kier alpha value is -0.810. The van der Waals surface area contributed by atoms with Crippen molar-refractivity contribution < 1.29 is 9.90 Å². The minimum absolute atomic E-state index is 0.0697. The molecule has 2 rings (SSSR count). The van der Waals surface area contributed by atoms with E-state index in [1.165, 1.54) is 19.3 Å². The average molecular weight is 283 g/mol. The van der Waals surface area contributed by atoms with Gasteiger partial charge in [-0.2, -0.15) is 0 Å². The monoisotopic (exact) mass is 283 g/mol. The van der Waals surface area contributed by atoms with Crippen LogP contribution in [-0.4, -0.2) is 65.3 Å². The minimum atomic E-state index is -0.852. The molecule has 2 saturated heterocycles. The van der Waals surface area contributed by atoms with Crippen LogP contribution in [0.25, 0.3) is 0 Å². The molecule has 5 nitrogen and oxygen atoms in total. The number of piperidine rings is 2. The van der Waals surface area contributed by atoms with Crippen LogP contribution in [0, 0.1) is 0 Å². The van der Waals surface area contributed by atoms with Crippen molar-refractivity contribution in [3.8, 4) is 0 Å². The topological polar surface area (TPSA) is 55.8 Å². The van der Waals surface area contributed by atoms with Crippen molar-refractivity contribution in [2.45, 2.75) is 69.7 Å². The maximum absolute atomic E-state index is 12.2. The first-order chi connectivity index (χ1) is 9.26. The molecular weight excluding hydrogens is 254 g/mol. The van der Waals surface area contributed by atoms with E-state index >= 15 is 0 Å². The van der Waals surface area contributed by atoms with Crippen LogP contribution < -0.4 is 5.32 Å². The molecule has 0 aromatic rings. The largest absolute Gasteiger partial charge is 0.389 e. The molecule has 0 aromatic heterocycles. The number of hydrogen-bond acceptors (Lipinski definition) is 3. The summed E-state index contributed by atoms with van der Waals surface area (Å²) in [5, 5.41) is 12.9. The maximum atomic E-state index is 12.2. The Bertz CT molecular complexity index is 340. The fourth-order valence-electron chi connectivity index (χ4n) is 3.67. The molecule has 2 atom stereocenters. The SMILES string of the molecule is CN(CC(C)(C)O)C(=O)NC1CC2CCCC(C1)N2C. The molecule has 5 heteroatoms. The second-order valence-electron chi connectivity index (χ2n) is 7.19. The summed E-state index contributed by atoms with van der Waals surface area (Å²) in [4.78, 5) is 16.3. The minimum Gasteiger partial charge on any atom is -0.389 e. The number of carbonyl (C=O) groups is 1. The number of hydrogen-bond donors (Lipinski definition) is 2. The van der Waals surface area contributed by atoms with E-state index in [1.807, 2.05) is 0 Å². The highest BCUT2D eigenvalue weighted by Crippen LogP contribution is 2.32. The molecule has 2 bridgehead atoms. The number of nitrogens with zero attached hydrogens (tertiary/aromatic N) is 2. The summed E-state index contributed by atoms with van der Waals surface area (Å²) in [6, 6.07) is 1.44. The van der Waals surface area contributed by atoms with Crippen LogP contribution in [0.2, 0.25) is 0 Å².